The van der Waals surface area contributed by atoms with Crippen LogP contribution in [-0.4, -0.2) is 34.4 Å². The Kier molecular flexibility index (Phi) is 6.13. The maximum Gasteiger partial charge on any atom is 0.246 e. The third-order valence-corrected chi connectivity index (χ3v) is 4.75. The second-order valence-corrected chi connectivity index (χ2v) is 7.54. The predicted molar refractivity (Wildman–Crippen MR) is 108 cm³/mol. The number of nitrogens with one attached hydrogen (secondary N) is 1. The molecule has 0 spiro atoms. The van der Waals surface area contributed by atoms with Crippen LogP contribution < -0.4 is 10.5 Å². The normalized spacial score (nSPS) is 10.3. The number of carbonyl (C=O) groups excluding carboxylic acids is 1. The highest BCUT2D eigenvalue weighted by molar-refractivity contribution is 7.89. The Morgan fingerprint density at radius 1 is 1.10 bits per heavy atom. The third-order valence-electron chi connectivity index (χ3n) is 3.82. The third kappa shape index (κ3) is 5.45. The molecular formula is C20H15N5O4S. The minimum absolute atomic E-state index is 0.00338. The van der Waals surface area contributed by atoms with Crippen molar-refractivity contribution in [2.45, 2.75) is 11.4 Å². The van der Waals surface area contributed by atoms with Crippen LogP contribution >= 0.6 is 0 Å². The van der Waals surface area contributed by atoms with E-state index >= 15 is 0 Å². The summed E-state index contributed by atoms with van der Waals surface area (Å²) < 4.78 is 24.0. The number of primary sulfonamides is 1. The van der Waals surface area contributed by atoms with E-state index in [0.717, 1.165) is 0 Å². The highest BCUT2D eigenvalue weighted by Gasteiger charge is 2.11. The summed E-state index contributed by atoms with van der Waals surface area (Å²) in [5.74, 6) is 7.12. The van der Waals surface area contributed by atoms with Crippen LogP contribution in [0.4, 0.5) is 5.69 Å². The van der Waals surface area contributed by atoms with Gasteiger partial charge in [0.05, 0.1) is 11.1 Å². The number of sulfonamides is 1. The molecule has 0 saturated carbocycles. The van der Waals surface area contributed by atoms with Crippen LogP contribution in [0.1, 0.15) is 5.56 Å². The van der Waals surface area contributed by atoms with Gasteiger partial charge in [-0.25, -0.2) is 18.2 Å². The number of benzene rings is 2. The molecule has 10 heteroatoms. The summed E-state index contributed by atoms with van der Waals surface area (Å²) in [7, 11) is -3.77. The summed E-state index contributed by atoms with van der Waals surface area (Å²) >= 11 is 0. The van der Waals surface area contributed by atoms with Crippen LogP contribution in [0, 0.1) is 23.9 Å². The van der Waals surface area contributed by atoms with Crippen molar-refractivity contribution in [1.82, 2.24) is 15.0 Å². The second-order valence-electron chi connectivity index (χ2n) is 5.98. The molecule has 0 aliphatic carbocycles. The van der Waals surface area contributed by atoms with Crippen molar-refractivity contribution in [2.75, 3.05) is 5.32 Å². The monoisotopic (exact) mass is 421 g/mol. The number of amides is 1. The standard InChI is InChI=1S/C20H15N5O4S/c21-30(28,29)18-10-6-16(7-11-18)19-13-25(24-23-19)14-20(27)22-17-8-4-15(5-9-17)3-1-2-12-26/h4-11,13,26H,14H2,(H,22,27)(H2,21,28,29). The molecular weight excluding hydrogens is 406 g/mol. The van der Waals surface area contributed by atoms with Crippen LogP contribution in [0.2, 0.25) is 0 Å². The molecule has 30 heavy (non-hydrogen) atoms. The lowest BCUT2D eigenvalue weighted by Crippen LogP contribution is -2.19. The number of carbonyl (C=O) groups is 1. The molecule has 3 rings (SSSR count). The van der Waals surface area contributed by atoms with Crippen LogP contribution in [0.5, 0.6) is 0 Å². The Hall–Kier alpha value is -4.12. The highest BCUT2D eigenvalue weighted by atomic mass is 32.2. The molecule has 0 atom stereocenters. The lowest BCUT2D eigenvalue weighted by molar-refractivity contribution is -0.116. The predicted octanol–water partition coefficient (Wildman–Crippen LogP) is 0.916. The summed E-state index contributed by atoms with van der Waals surface area (Å²) in [6.45, 7) is -0.0596. The molecule has 4 N–H and O–H groups in total. The Labute approximate surface area is 172 Å². The fraction of sp³-hybridized carbons (Fsp3) is 0.0500. The van der Waals surface area contributed by atoms with Crippen LogP contribution in [-0.2, 0) is 21.4 Å². The van der Waals surface area contributed by atoms with Crippen molar-refractivity contribution < 1.29 is 18.3 Å². The molecule has 1 amide bonds. The van der Waals surface area contributed by atoms with Crippen molar-refractivity contribution in [3.63, 3.8) is 0 Å². The van der Waals surface area contributed by atoms with Crippen LogP contribution in [0.15, 0.2) is 59.6 Å². The first kappa shape index (κ1) is 20.6. The number of hydrogen-bond donors (Lipinski definition) is 3. The van der Waals surface area contributed by atoms with Gasteiger partial charge in [-0.2, -0.15) is 0 Å². The maximum atomic E-state index is 12.2. The number of aliphatic hydroxyl groups is 1. The largest absolute Gasteiger partial charge is 0.461 e. The molecule has 3 aromatic rings. The fourth-order valence-corrected chi connectivity index (χ4v) is 2.95. The molecule has 150 valence electrons. The van der Waals surface area contributed by atoms with Gasteiger partial charge in [0.25, 0.3) is 0 Å². The Bertz CT molecular complexity index is 1290. The van der Waals surface area contributed by atoms with Crippen molar-refractivity contribution in [1.29, 1.82) is 0 Å². The topological polar surface area (TPSA) is 140 Å². The zero-order chi connectivity index (χ0) is 21.6. The van der Waals surface area contributed by atoms with Crippen LogP contribution in [0.3, 0.4) is 0 Å². The molecule has 0 saturated heterocycles. The zero-order valence-corrected chi connectivity index (χ0v) is 16.2. The zero-order valence-electron chi connectivity index (χ0n) is 15.4. The molecule has 1 heterocycles. The first-order valence-corrected chi connectivity index (χ1v) is 9.98. The molecule has 9 nitrogen and oxygen atoms in total. The Morgan fingerprint density at radius 3 is 2.43 bits per heavy atom. The summed E-state index contributed by atoms with van der Waals surface area (Å²) in [6, 6.07) is 12.7. The van der Waals surface area contributed by atoms with Gasteiger partial charge in [-0.05, 0) is 42.3 Å². The lowest BCUT2D eigenvalue weighted by atomic mass is 10.2. The number of aromatic nitrogens is 3. The molecule has 1 aromatic heterocycles. The quantitative estimate of drug-likeness (QED) is 0.523. The molecule has 0 unspecified atom stereocenters. The number of rotatable bonds is 5. The average Bonchev–Trinajstić information content (AvgIpc) is 3.17. The van der Waals surface area contributed by atoms with E-state index < -0.39 is 10.0 Å². The summed E-state index contributed by atoms with van der Waals surface area (Å²) in [6.07, 6.45) is 3.27. The van der Waals surface area contributed by atoms with Crippen molar-refractivity contribution >= 4 is 21.6 Å². The average molecular weight is 421 g/mol. The number of nitrogens with two attached hydrogens (primary N) is 1. The van der Waals surface area contributed by atoms with Crippen molar-refractivity contribution in [3.8, 4) is 35.1 Å². The SMILES string of the molecule is NS(=O)(=O)c1ccc(-c2cn(CC(=O)Nc3ccc(C#CC#CO)cc3)nn2)cc1. The summed E-state index contributed by atoms with van der Waals surface area (Å²) in [4.78, 5) is 12.2. The van der Waals surface area contributed by atoms with E-state index in [1.807, 2.05) is 0 Å². The first-order chi connectivity index (χ1) is 14.3. The van der Waals surface area contributed by atoms with E-state index in [9.17, 15) is 13.2 Å². The molecule has 2 aromatic carbocycles. The number of nitrogens with zero attached hydrogens (tertiary/aromatic N) is 3. The minimum Gasteiger partial charge on any atom is -0.461 e. The van der Waals surface area contributed by atoms with E-state index in [2.05, 4.69) is 33.4 Å². The smallest absolute Gasteiger partial charge is 0.246 e. The summed E-state index contributed by atoms with van der Waals surface area (Å²) in [5, 5.41) is 24.1. The van der Waals surface area contributed by atoms with Crippen molar-refractivity contribution in [2.24, 2.45) is 5.14 Å². The van der Waals surface area contributed by atoms with Gasteiger partial charge in [-0.3, -0.25) is 4.79 Å². The van der Waals surface area contributed by atoms with E-state index in [1.165, 1.54) is 16.8 Å². The van der Waals surface area contributed by atoms with Gasteiger partial charge in [0, 0.05) is 22.7 Å². The maximum absolute atomic E-state index is 12.2. The fourth-order valence-electron chi connectivity index (χ4n) is 2.44. The van der Waals surface area contributed by atoms with Gasteiger partial charge in [0.2, 0.25) is 15.9 Å². The molecule has 0 aliphatic rings. The molecule has 0 fully saturated rings. The van der Waals surface area contributed by atoms with E-state index in [1.54, 1.807) is 48.7 Å². The molecule has 0 aliphatic heterocycles. The van der Waals surface area contributed by atoms with Gasteiger partial charge >= 0.3 is 0 Å². The number of anilines is 1. The van der Waals surface area contributed by atoms with Crippen molar-refractivity contribution in [3.05, 3.63) is 60.3 Å². The van der Waals surface area contributed by atoms with Gasteiger partial charge in [0.15, 0.2) is 0 Å². The highest BCUT2D eigenvalue weighted by Crippen LogP contribution is 2.18. The minimum atomic E-state index is -3.77. The van der Waals surface area contributed by atoms with E-state index in [-0.39, 0.29) is 17.3 Å². The van der Waals surface area contributed by atoms with Gasteiger partial charge in [-0.15, -0.1) is 5.10 Å². The van der Waals surface area contributed by atoms with Crippen LogP contribution in [0.25, 0.3) is 11.3 Å². The number of hydrogen-bond acceptors (Lipinski definition) is 6. The second kappa shape index (κ2) is 8.92. The number of aliphatic hydroxyl groups excluding tert-OH is 1. The van der Waals surface area contributed by atoms with Gasteiger partial charge in [-0.1, -0.05) is 23.3 Å². The van der Waals surface area contributed by atoms with E-state index in [0.29, 0.717) is 22.5 Å². The molecule has 0 bridgehead atoms. The Morgan fingerprint density at radius 2 is 1.80 bits per heavy atom. The summed E-state index contributed by atoms with van der Waals surface area (Å²) in [5.41, 5.74) is 2.39. The van der Waals surface area contributed by atoms with Gasteiger partial charge in [0.1, 0.15) is 18.3 Å². The van der Waals surface area contributed by atoms with Gasteiger partial charge < -0.3 is 10.4 Å². The lowest BCUT2D eigenvalue weighted by Gasteiger charge is -2.05. The first-order valence-electron chi connectivity index (χ1n) is 8.43. The molecule has 0 radical (unpaired) electrons. The Balaban J connectivity index is 1.62. The van der Waals surface area contributed by atoms with E-state index in [4.69, 9.17) is 10.2 Å².